The van der Waals surface area contributed by atoms with Gasteiger partial charge in [-0.25, -0.2) is 8.42 Å². The lowest BCUT2D eigenvalue weighted by Gasteiger charge is -2.15. The first-order chi connectivity index (χ1) is 13.4. The molecule has 0 saturated carbocycles. The van der Waals surface area contributed by atoms with E-state index >= 15 is 0 Å². The molecule has 1 fully saturated rings. The highest BCUT2D eigenvalue weighted by Gasteiger charge is 2.27. The van der Waals surface area contributed by atoms with E-state index in [1.807, 2.05) is 12.1 Å². The number of anilines is 1. The van der Waals surface area contributed by atoms with E-state index in [9.17, 15) is 18.0 Å². The van der Waals surface area contributed by atoms with Gasteiger partial charge in [-0.3, -0.25) is 9.59 Å². The van der Waals surface area contributed by atoms with Crippen molar-refractivity contribution in [2.24, 2.45) is 0 Å². The Kier molecular flexibility index (Phi) is 6.53. The first-order valence-electron chi connectivity index (χ1n) is 9.00. The minimum atomic E-state index is -3.46. The molecule has 3 rings (SSSR count). The summed E-state index contributed by atoms with van der Waals surface area (Å²) in [6.45, 7) is 2.56. The maximum atomic E-state index is 12.5. The third-order valence-corrected chi connectivity index (χ3v) is 7.35. The highest BCUT2D eigenvalue weighted by Crippen LogP contribution is 2.23. The van der Waals surface area contributed by atoms with Gasteiger partial charge in [-0.2, -0.15) is 4.31 Å². The van der Waals surface area contributed by atoms with Gasteiger partial charge in [0.1, 0.15) is 0 Å². The summed E-state index contributed by atoms with van der Waals surface area (Å²) < 4.78 is 26.6. The number of amides is 1. The van der Waals surface area contributed by atoms with Crippen LogP contribution in [0.5, 0.6) is 0 Å². The van der Waals surface area contributed by atoms with Gasteiger partial charge >= 0.3 is 0 Å². The number of nitrogens with zero attached hydrogens (tertiary/aromatic N) is 1. The van der Waals surface area contributed by atoms with E-state index in [1.165, 1.54) is 35.1 Å². The lowest BCUT2D eigenvalue weighted by molar-refractivity contribution is -0.114. The molecule has 0 aliphatic carbocycles. The van der Waals surface area contributed by atoms with E-state index < -0.39 is 10.0 Å². The van der Waals surface area contributed by atoms with Crippen LogP contribution >= 0.6 is 11.8 Å². The van der Waals surface area contributed by atoms with Crippen LogP contribution in [0.1, 0.15) is 30.1 Å². The average Bonchev–Trinajstić information content (AvgIpc) is 3.22. The third kappa shape index (κ3) is 5.01. The lowest BCUT2D eigenvalue weighted by Crippen LogP contribution is -2.27. The van der Waals surface area contributed by atoms with E-state index in [0.717, 1.165) is 17.7 Å². The highest BCUT2D eigenvalue weighted by molar-refractivity contribution is 8.00. The average molecular weight is 419 g/mol. The zero-order valence-electron chi connectivity index (χ0n) is 15.6. The Morgan fingerprint density at radius 2 is 1.61 bits per heavy atom. The van der Waals surface area contributed by atoms with Crippen LogP contribution < -0.4 is 5.32 Å². The number of rotatable bonds is 7. The fourth-order valence-corrected chi connectivity index (χ4v) is 5.27. The third-order valence-electron chi connectivity index (χ3n) is 4.42. The van der Waals surface area contributed by atoms with Crippen LogP contribution in [0.4, 0.5) is 5.69 Å². The molecule has 2 aromatic rings. The predicted molar refractivity (Wildman–Crippen MR) is 110 cm³/mol. The summed E-state index contributed by atoms with van der Waals surface area (Å²) in [6, 6.07) is 13.4. The number of sulfonamides is 1. The van der Waals surface area contributed by atoms with Crippen LogP contribution in [-0.2, 0) is 14.8 Å². The van der Waals surface area contributed by atoms with Crippen LogP contribution in [0.25, 0.3) is 0 Å². The molecule has 0 spiro atoms. The van der Waals surface area contributed by atoms with Crippen LogP contribution in [0.2, 0.25) is 0 Å². The molecule has 1 saturated heterocycles. The molecular weight excluding hydrogens is 396 g/mol. The molecule has 1 heterocycles. The summed E-state index contributed by atoms with van der Waals surface area (Å²) in [7, 11) is -3.46. The first kappa shape index (κ1) is 20.6. The number of nitrogens with one attached hydrogen (secondary N) is 1. The number of carbonyl (C=O) groups is 2. The Morgan fingerprint density at radius 1 is 1.00 bits per heavy atom. The second-order valence-corrected chi connectivity index (χ2v) is 9.54. The van der Waals surface area contributed by atoms with Crippen molar-refractivity contribution in [3.63, 3.8) is 0 Å². The molecule has 0 radical (unpaired) electrons. The van der Waals surface area contributed by atoms with Gasteiger partial charge in [-0.15, -0.1) is 11.8 Å². The predicted octanol–water partition coefficient (Wildman–Crippen LogP) is 3.40. The topological polar surface area (TPSA) is 83.5 Å². The summed E-state index contributed by atoms with van der Waals surface area (Å²) in [5, 5.41) is 2.69. The quantitative estimate of drug-likeness (QED) is 0.550. The minimum Gasteiger partial charge on any atom is -0.326 e. The molecule has 6 nitrogen and oxygen atoms in total. The van der Waals surface area contributed by atoms with Crippen molar-refractivity contribution in [3.8, 4) is 0 Å². The maximum absolute atomic E-state index is 12.5. The van der Waals surface area contributed by atoms with Crippen LogP contribution in [0, 0.1) is 0 Å². The SMILES string of the molecule is CC(=O)Nc1ccc(SCC(=O)c2ccc(S(=O)(=O)N3CCCC3)cc2)cc1. The fraction of sp³-hybridized carbons (Fsp3) is 0.300. The van der Waals surface area contributed by atoms with Crippen molar-refractivity contribution in [1.82, 2.24) is 4.31 Å². The van der Waals surface area contributed by atoms with Gasteiger partial charge in [0.2, 0.25) is 15.9 Å². The number of hydrogen-bond acceptors (Lipinski definition) is 5. The lowest BCUT2D eigenvalue weighted by atomic mass is 10.1. The molecule has 1 N–H and O–H groups in total. The van der Waals surface area contributed by atoms with Gasteiger partial charge in [0.15, 0.2) is 5.78 Å². The Labute approximate surface area is 169 Å². The van der Waals surface area contributed by atoms with Gasteiger partial charge in [0, 0.05) is 36.2 Å². The summed E-state index contributed by atoms with van der Waals surface area (Å²) >= 11 is 1.39. The number of hydrogen-bond donors (Lipinski definition) is 1. The molecule has 2 aromatic carbocycles. The molecule has 1 aliphatic rings. The Bertz CT molecular complexity index is 949. The standard InChI is InChI=1S/C20H22N2O4S2/c1-15(23)21-17-6-8-18(9-7-17)27-14-20(24)16-4-10-19(11-5-16)28(25,26)22-12-2-3-13-22/h4-11H,2-3,12-14H2,1H3,(H,21,23). The van der Waals surface area contributed by atoms with E-state index in [-0.39, 0.29) is 22.3 Å². The van der Waals surface area contributed by atoms with Gasteiger partial charge in [-0.1, -0.05) is 12.1 Å². The summed E-state index contributed by atoms with van der Waals surface area (Å²) in [6.07, 6.45) is 1.78. The normalized spacial score (nSPS) is 14.8. The largest absolute Gasteiger partial charge is 0.326 e. The van der Waals surface area contributed by atoms with E-state index in [1.54, 1.807) is 24.3 Å². The van der Waals surface area contributed by atoms with Gasteiger partial charge in [0.25, 0.3) is 0 Å². The zero-order valence-corrected chi connectivity index (χ0v) is 17.2. The van der Waals surface area contributed by atoms with Crippen molar-refractivity contribution >= 4 is 39.2 Å². The molecule has 0 aromatic heterocycles. The first-order valence-corrected chi connectivity index (χ1v) is 11.4. The number of Topliss-reactive ketones (excluding diaryl/α,β-unsaturated/α-hetero) is 1. The summed E-state index contributed by atoms with van der Waals surface area (Å²) in [4.78, 5) is 24.6. The minimum absolute atomic E-state index is 0.0685. The van der Waals surface area contributed by atoms with Crippen molar-refractivity contribution in [1.29, 1.82) is 0 Å². The second kappa shape index (κ2) is 8.89. The van der Waals surface area contributed by atoms with Crippen LogP contribution in [-0.4, -0.2) is 43.3 Å². The Morgan fingerprint density at radius 3 is 2.18 bits per heavy atom. The van der Waals surface area contributed by atoms with Crippen LogP contribution in [0.3, 0.4) is 0 Å². The molecule has 1 amide bonds. The van der Waals surface area contributed by atoms with E-state index in [2.05, 4.69) is 5.32 Å². The monoisotopic (exact) mass is 418 g/mol. The number of ketones is 1. The van der Waals surface area contributed by atoms with Crippen molar-refractivity contribution < 1.29 is 18.0 Å². The molecular formula is C20H22N2O4S2. The summed E-state index contributed by atoms with van der Waals surface area (Å²) in [5.74, 6) is 0.0457. The molecule has 0 atom stereocenters. The fourth-order valence-electron chi connectivity index (χ4n) is 2.96. The van der Waals surface area contributed by atoms with Crippen molar-refractivity contribution in [2.75, 3.05) is 24.2 Å². The zero-order chi connectivity index (χ0) is 20.1. The summed E-state index contributed by atoms with van der Waals surface area (Å²) in [5.41, 5.74) is 1.20. The molecule has 28 heavy (non-hydrogen) atoms. The van der Waals surface area contributed by atoms with E-state index in [0.29, 0.717) is 24.3 Å². The molecule has 1 aliphatic heterocycles. The van der Waals surface area contributed by atoms with Gasteiger partial charge in [0.05, 0.1) is 10.6 Å². The van der Waals surface area contributed by atoms with Gasteiger partial charge < -0.3 is 5.32 Å². The number of carbonyl (C=O) groups excluding carboxylic acids is 2. The molecule has 0 unspecified atom stereocenters. The second-order valence-electron chi connectivity index (χ2n) is 6.55. The van der Waals surface area contributed by atoms with Crippen molar-refractivity contribution in [2.45, 2.75) is 29.6 Å². The molecule has 0 bridgehead atoms. The number of benzene rings is 2. The maximum Gasteiger partial charge on any atom is 0.243 e. The van der Waals surface area contributed by atoms with Gasteiger partial charge in [-0.05, 0) is 49.2 Å². The smallest absolute Gasteiger partial charge is 0.243 e. The number of thioether (sulfide) groups is 1. The Balaban J connectivity index is 1.59. The van der Waals surface area contributed by atoms with Crippen LogP contribution in [0.15, 0.2) is 58.3 Å². The molecule has 8 heteroatoms. The molecule has 148 valence electrons. The highest BCUT2D eigenvalue weighted by atomic mass is 32.2. The van der Waals surface area contributed by atoms with E-state index in [4.69, 9.17) is 0 Å². The Hall–Kier alpha value is -2.16. The van der Waals surface area contributed by atoms with Crippen molar-refractivity contribution in [3.05, 3.63) is 54.1 Å².